The maximum Gasteiger partial charge on any atom is 0.251 e. The number of ether oxygens (including phenoxy) is 1. The zero-order valence-electron chi connectivity index (χ0n) is 18.4. The quantitative estimate of drug-likeness (QED) is 0.683. The van der Waals surface area contributed by atoms with Crippen molar-refractivity contribution in [2.45, 2.75) is 32.2 Å². The molecule has 0 aliphatic carbocycles. The minimum Gasteiger partial charge on any atom is -0.481 e. The van der Waals surface area contributed by atoms with Gasteiger partial charge in [-0.25, -0.2) is 9.97 Å². The molecule has 3 aromatic rings. The minimum absolute atomic E-state index is 0.00231. The second-order valence-electron chi connectivity index (χ2n) is 8.16. The second kappa shape index (κ2) is 8.75. The third kappa shape index (κ3) is 4.68. The lowest BCUT2D eigenvalue weighted by molar-refractivity contribution is 0.0925. The van der Waals surface area contributed by atoms with Gasteiger partial charge in [0.1, 0.15) is 12.1 Å². The molecule has 1 aliphatic rings. The van der Waals surface area contributed by atoms with Crippen LogP contribution in [0.25, 0.3) is 0 Å². The van der Waals surface area contributed by atoms with Crippen LogP contribution in [0.4, 0.5) is 5.82 Å². The van der Waals surface area contributed by atoms with Gasteiger partial charge in [0, 0.05) is 49.9 Å². The fraction of sp³-hybridized carbons (Fsp3) is 0.391. The van der Waals surface area contributed by atoms with Gasteiger partial charge in [-0.2, -0.15) is 5.10 Å². The third-order valence-corrected chi connectivity index (χ3v) is 5.73. The molecule has 162 valence electrons. The van der Waals surface area contributed by atoms with Gasteiger partial charge in [-0.15, -0.1) is 0 Å². The van der Waals surface area contributed by atoms with Crippen LogP contribution in [0.2, 0.25) is 0 Å². The van der Waals surface area contributed by atoms with E-state index < -0.39 is 0 Å². The predicted molar refractivity (Wildman–Crippen MR) is 119 cm³/mol. The fourth-order valence-electron chi connectivity index (χ4n) is 4.27. The van der Waals surface area contributed by atoms with Crippen molar-refractivity contribution in [3.63, 3.8) is 0 Å². The number of hydrogen-bond acceptors (Lipinski definition) is 6. The first kappa shape index (κ1) is 20.8. The number of carbonyl (C=O) groups is 1. The summed E-state index contributed by atoms with van der Waals surface area (Å²) in [6.45, 7) is 5.51. The van der Waals surface area contributed by atoms with Crippen molar-refractivity contribution in [2.75, 3.05) is 25.1 Å². The molecular weight excluding hydrogens is 392 g/mol. The molecule has 4 rings (SSSR count). The Bertz CT molecular complexity index is 1060. The molecule has 3 heterocycles. The Morgan fingerprint density at radius 1 is 1.16 bits per heavy atom. The normalized spacial score (nSPS) is 18.6. The molecule has 0 spiro atoms. The van der Waals surface area contributed by atoms with Gasteiger partial charge < -0.3 is 15.0 Å². The van der Waals surface area contributed by atoms with Gasteiger partial charge >= 0.3 is 0 Å². The number of amides is 1. The van der Waals surface area contributed by atoms with E-state index >= 15 is 0 Å². The number of hydrogen-bond donors (Lipinski definition) is 1. The van der Waals surface area contributed by atoms with E-state index in [0.29, 0.717) is 18.0 Å². The summed E-state index contributed by atoms with van der Waals surface area (Å²) in [5, 5.41) is 7.63. The van der Waals surface area contributed by atoms with Crippen LogP contribution < -0.4 is 15.0 Å². The molecule has 31 heavy (non-hydrogen) atoms. The number of methoxy groups -OCH3 is 1. The number of piperidine rings is 1. The van der Waals surface area contributed by atoms with Crippen molar-refractivity contribution >= 4 is 11.7 Å². The maximum atomic E-state index is 13.1. The number of aromatic nitrogens is 4. The number of benzene rings is 1. The SMILES string of the molecule is COc1cc(N2CC[C@@H](NC(=O)c3cc(C)cc(C)c3)[C@@H](c3cnn(C)c3)C2)ncn1. The van der Waals surface area contributed by atoms with Gasteiger partial charge in [0.2, 0.25) is 5.88 Å². The first-order chi connectivity index (χ1) is 14.9. The highest BCUT2D eigenvalue weighted by atomic mass is 16.5. The molecule has 0 unspecified atom stereocenters. The number of nitrogens with zero attached hydrogens (tertiary/aromatic N) is 5. The van der Waals surface area contributed by atoms with Gasteiger partial charge in [0.05, 0.1) is 13.3 Å². The molecule has 0 radical (unpaired) electrons. The summed E-state index contributed by atoms with van der Waals surface area (Å²) in [5.41, 5.74) is 3.97. The van der Waals surface area contributed by atoms with E-state index in [1.807, 2.05) is 51.5 Å². The largest absolute Gasteiger partial charge is 0.481 e. The van der Waals surface area contributed by atoms with Gasteiger partial charge in [-0.05, 0) is 38.0 Å². The van der Waals surface area contributed by atoms with E-state index in [2.05, 4.69) is 31.3 Å². The van der Waals surface area contributed by atoms with E-state index in [1.165, 1.54) is 6.33 Å². The summed E-state index contributed by atoms with van der Waals surface area (Å²) in [6, 6.07) is 7.78. The lowest BCUT2D eigenvalue weighted by Gasteiger charge is -2.39. The highest BCUT2D eigenvalue weighted by Gasteiger charge is 2.33. The Morgan fingerprint density at radius 2 is 1.94 bits per heavy atom. The summed E-state index contributed by atoms with van der Waals surface area (Å²) < 4.78 is 7.05. The summed E-state index contributed by atoms with van der Waals surface area (Å²) in [6.07, 6.45) is 6.21. The van der Waals surface area contributed by atoms with Crippen molar-refractivity contribution in [2.24, 2.45) is 7.05 Å². The van der Waals surface area contributed by atoms with E-state index in [4.69, 9.17) is 4.74 Å². The molecule has 1 aliphatic heterocycles. The number of aryl methyl sites for hydroxylation is 3. The molecule has 1 amide bonds. The molecule has 8 heteroatoms. The highest BCUT2D eigenvalue weighted by Crippen LogP contribution is 2.30. The van der Waals surface area contributed by atoms with E-state index in [9.17, 15) is 4.79 Å². The Kier molecular flexibility index (Phi) is 5.88. The molecule has 1 N–H and O–H groups in total. The number of nitrogens with one attached hydrogen (secondary N) is 1. The number of carbonyl (C=O) groups excluding carboxylic acids is 1. The van der Waals surface area contributed by atoms with Crippen LogP contribution in [0.1, 0.15) is 39.4 Å². The zero-order valence-corrected chi connectivity index (χ0v) is 18.4. The Hall–Kier alpha value is -3.42. The van der Waals surface area contributed by atoms with E-state index in [1.54, 1.807) is 11.8 Å². The summed E-state index contributed by atoms with van der Waals surface area (Å²) in [7, 11) is 3.50. The topological polar surface area (TPSA) is 85.2 Å². The standard InChI is InChI=1S/C23H28N6O2/c1-15-7-16(2)9-17(8-15)23(30)27-20-5-6-29(21-10-22(31-4)25-14-24-21)13-19(20)18-11-26-28(3)12-18/h7-12,14,19-20H,5-6,13H2,1-4H3,(H,27,30)/t19-,20-/m1/s1. The van der Waals surface area contributed by atoms with Crippen molar-refractivity contribution in [1.82, 2.24) is 25.1 Å². The Balaban J connectivity index is 1.57. The van der Waals surface area contributed by atoms with Crippen molar-refractivity contribution in [1.29, 1.82) is 0 Å². The van der Waals surface area contributed by atoms with Crippen LogP contribution >= 0.6 is 0 Å². The lowest BCUT2D eigenvalue weighted by Crippen LogP contribution is -2.50. The van der Waals surface area contributed by atoms with Crippen LogP contribution in [0.5, 0.6) is 5.88 Å². The molecule has 0 bridgehead atoms. The number of anilines is 1. The van der Waals surface area contributed by atoms with Crippen molar-refractivity contribution in [3.8, 4) is 5.88 Å². The second-order valence-corrected chi connectivity index (χ2v) is 8.16. The molecule has 8 nitrogen and oxygen atoms in total. The summed E-state index contributed by atoms with van der Waals surface area (Å²) in [5.74, 6) is 1.40. The van der Waals surface area contributed by atoms with E-state index in [0.717, 1.165) is 35.5 Å². The van der Waals surface area contributed by atoms with Crippen LogP contribution in [-0.2, 0) is 7.05 Å². The monoisotopic (exact) mass is 420 g/mol. The van der Waals surface area contributed by atoms with E-state index in [-0.39, 0.29) is 17.9 Å². The van der Waals surface area contributed by atoms with Gasteiger partial charge in [-0.3, -0.25) is 9.48 Å². The highest BCUT2D eigenvalue weighted by molar-refractivity contribution is 5.94. The van der Waals surface area contributed by atoms with Gasteiger partial charge in [0.25, 0.3) is 5.91 Å². The first-order valence-electron chi connectivity index (χ1n) is 10.4. The Labute approximate surface area is 182 Å². The zero-order chi connectivity index (χ0) is 22.0. The molecule has 2 aromatic heterocycles. The fourth-order valence-corrected chi connectivity index (χ4v) is 4.27. The maximum absolute atomic E-state index is 13.1. The smallest absolute Gasteiger partial charge is 0.251 e. The molecule has 2 atom stereocenters. The van der Waals surface area contributed by atoms with Gasteiger partial charge in [0.15, 0.2) is 0 Å². The number of rotatable bonds is 5. The predicted octanol–water partition coefficient (Wildman–Crippen LogP) is 2.63. The lowest BCUT2D eigenvalue weighted by atomic mass is 9.87. The minimum atomic E-state index is -0.0390. The molecule has 1 aromatic carbocycles. The average Bonchev–Trinajstić information content (AvgIpc) is 3.19. The van der Waals surface area contributed by atoms with Crippen LogP contribution in [-0.4, -0.2) is 51.9 Å². The van der Waals surface area contributed by atoms with Crippen LogP contribution in [0, 0.1) is 13.8 Å². The third-order valence-electron chi connectivity index (χ3n) is 5.73. The first-order valence-corrected chi connectivity index (χ1v) is 10.4. The van der Waals surface area contributed by atoms with Crippen LogP contribution in [0.3, 0.4) is 0 Å². The van der Waals surface area contributed by atoms with Crippen molar-refractivity contribution in [3.05, 3.63) is 65.2 Å². The average molecular weight is 421 g/mol. The van der Waals surface area contributed by atoms with Crippen LogP contribution in [0.15, 0.2) is 43.0 Å². The summed E-state index contributed by atoms with van der Waals surface area (Å²) in [4.78, 5) is 23.8. The Morgan fingerprint density at radius 3 is 2.61 bits per heavy atom. The van der Waals surface area contributed by atoms with Gasteiger partial charge in [-0.1, -0.05) is 17.2 Å². The van der Waals surface area contributed by atoms with Crippen molar-refractivity contribution < 1.29 is 9.53 Å². The molecule has 1 saturated heterocycles. The molecular formula is C23H28N6O2. The molecule has 0 saturated carbocycles. The summed E-state index contributed by atoms with van der Waals surface area (Å²) >= 11 is 0. The molecule has 1 fully saturated rings.